The molecule has 19 heavy (non-hydrogen) atoms. The van der Waals surface area contributed by atoms with Gasteiger partial charge < -0.3 is 15.0 Å². The van der Waals surface area contributed by atoms with Crippen LogP contribution in [0.2, 0.25) is 0 Å². The van der Waals surface area contributed by atoms with Crippen molar-refractivity contribution >= 4 is 22.7 Å². The molecule has 5 nitrogen and oxygen atoms in total. The number of aryl methyl sites for hydroxylation is 1. The van der Waals surface area contributed by atoms with Gasteiger partial charge in [-0.3, -0.25) is 0 Å². The number of para-hydroxylation sites is 1. The van der Waals surface area contributed by atoms with Crippen LogP contribution in [-0.4, -0.2) is 22.1 Å². The molecule has 0 fully saturated rings. The number of nitrogens with zero attached hydrogens (tertiary/aromatic N) is 2. The van der Waals surface area contributed by atoms with Crippen LogP contribution in [0.15, 0.2) is 18.2 Å². The van der Waals surface area contributed by atoms with Crippen LogP contribution < -0.4 is 5.73 Å². The maximum Gasteiger partial charge on any atom is 0.329 e. The summed E-state index contributed by atoms with van der Waals surface area (Å²) in [6, 6.07) is 5.25. The number of esters is 1. The molecule has 0 spiro atoms. The van der Waals surface area contributed by atoms with E-state index in [0.29, 0.717) is 18.7 Å². The molecule has 102 valence electrons. The van der Waals surface area contributed by atoms with Gasteiger partial charge in [-0.2, -0.15) is 0 Å². The smallest absolute Gasteiger partial charge is 0.329 e. The minimum Gasteiger partial charge on any atom is -0.464 e. The molecular weight excluding hydrogens is 242 g/mol. The Morgan fingerprint density at radius 1 is 1.47 bits per heavy atom. The van der Waals surface area contributed by atoms with Gasteiger partial charge in [-0.15, -0.1) is 0 Å². The van der Waals surface area contributed by atoms with Crippen LogP contribution in [0.4, 0.5) is 5.69 Å². The van der Waals surface area contributed by atoms with Crippen molar-refractivity contribution in [2.45, 2.75) is 33.2 Å². The predicted octanol–water partition coefficient (Wildman–Crippen LogP) is 2.44. The third-order valence-corrected chi connectivity index (χ3v) is 3.18. The van der Waals surface area contributed by atoms with Crippen molar-refractivity contribution in [1.82, 2.24) is 9.55 Å². The standard InChI is InChI=1S/C14H19N3O2/c1-4-11(14(18)19-5-2)17-9(3)16-13-10(15)7-6-8-12(13)17/h6-8,11H,4-5,15H2,1-3H3. The van der Waals surface area contributed by atoms with E-state index in [0.717, 1.165) is 16.9 Å². The quantitative estimate of drug-likeness (QED) is 0.678. The summed E-state index contributed by atoms with van der Waals surface area (Å²) in [5, 5.41) is 0. The molecule has 2 aromatic rings. The first-order valence-corrected chi connectivity index (χ1v) is 6.49. The highest BCUT2D eigenvalue weighted by Crippen LogP contribution is 2.27. The third kappa shape index (κ3) is 2.28. The molecule has 0 amide bonds. The minimum absolute atomic E-state index is 0.227. The number of hydrogen-bond donors (Lipinski definition) is 1. The van der Waals surface area contributed by atoms with Gasteiger partial charge in [-0.1, -0.05) is 13.0 Å². The van der Waals surface area contributed by atoms with Crippen LogP contribution in [0, 0.1) is 6.92 Å². The number of benzene rings is 1. The molecule has 2 N–H and O–H groups in total. The Labute approximate surface area is 112 Å². The van der Waals surface area contributed by atoms with Crippen LogP contribution in [-0.2, 0) is 9.53 Å². The molecule has 1 heterocycles. The normalized spacial score (nSPS) is 12.6. The van der Waals surface area contributed by atoms with Gasteiger partial charge in [0.05, 0.1) is 17.8 Å². The maximum atomic E-state index is 12.1. The highest BCUT2D eigenvalue weighted by molar-refractivity contribution is 5.89. The summed E-state index contributed by atoms with van der Waals surface area (Å²) in [5.41, 5.74) is 8.16. The van der Waals surface area contributed by atoms with Crippen molar-refractivity contribution in [1.29, 1.82) is 0 Å². The van der Waals surface area contributed by atoms with E-state index in [-0.39, 0.29) is 12.0 Å². The van der Waals surface area contributed by atoms with Gasteiger partial charge in [-0.05, 0) is 32.4 Å². The Morgan fingerprint density at radius 3 is 2.84 bits per heavy atom. The Bertz CT molecular complexity index is 604. The molecule has 0 aliphatic rings. The van der Waals surface area contributed by atoms with Gasteiger partial charge in [0, 0.05) is 0 Å². The van der Waals surface area contributed by atoms with Crippen LogP contribution >= 0.6 is 0 Å². The monoisotopic (exact) mass is 261 g/mol. The van der Waals surface area contributed by atoms with E-state index in [1.807, 2.05) is 43.5 Å². The molecule has 1 aromatic heterocycles. The predicted molar refractivity (Wildman–Crippen MR) is 74.8 cm³/mol. The van der Waals surface area contributed by atoms with Crippen molar-refractivity contribution in [2.75, 3.05) is 12.3 Å². The first kappa shape index (κ1) is 13.4. The first-order chi connectivity index (χ1) is 9.10. The Hall–Kier alpha value is -2.04. The van der Waals surface area contributed by atoms with Gasteiger partial charge in [0.2, 0.25) is 0 Å². The number of imidazole rings is 1. The molecule has 1 unspecified atom stereocenters. The van der Waals surface area contributed by atoms with E-state index in [1.165, 1.54) is 0 Å². The zero-order valence-electron chi connectivity index (χ0n) is 11.5. The number of ether oxygens (including phenoxy) is 1. The van der Waals surface area contributed by atoms with Gasteiger partial charge in [0.25, 0.3) is 0 Å². The number of fused-ring (bicyclic) bond motifs is 1. The van der Waals surface area contributed by atoms with E-state index in [4.69, 9.17) is 10.5 Å². The van der Waals surface area contributed by atoms with Crippen LogP contribution in [0.25, 0.3) is 11.0 Å². The largest absolute Gasteiger partial charge is 0.464 e. The summed E-state index contributed by atoms with van der Waals surface area (Å²) in [7, 11) is 0. The summed E-state index contributed by atoms with van der Waals surface area (Å²) in [4.78, 5) is 16.5. The van der Waals surface area contributed by atoms with Gasteiger partial charge in [0.1, 0.15) is 17.4 Å². The fourth-order valence-electron chi connectivity index (χ4n) is 2.34. The van der Waals surface area contributed by atoms with Gasteiger partial charge in [-0.25, -0.2) is 9.78 Å². The SMILES string of the molecule is CCOC(=O)C(CC)n1c(C)nc2c(N)cccc21. The van der Waals surface area contributed by atoms with Crippen molar-refractivity contribution < 1.29 is 9.53 Å². The van der Waals surface area contributed by atoms with Gasteiger partial charge in [0.15, 0.2) is 0 Å². The lowest BCUT2D eigenvalue weighted by atomic mass is 10.2. The molecule has 0 saturated heterocycles. The zero-order chi connectivity index (χ0) is 14.0. The lowest BCUT2D eigenvalue weighted by molar-refractivity contribution is -0.147. The number of aromatic nitrogens is 2. The summed E-state index contributed by atoms with van der Waals surface area (Å²) in [5.74, 6) is 0.544. The average molecular weight is 261 g/mol. The number of nitrogens with two attached hydrogens (primary N) is 1. The van der Waals surface area contributed by atoms with Crippen molar-refractivity contribution in [3.8, 4) is 0 Å². The topological polar surface area (TPSA) is 70.1 Å². The van der Waals surface area contributed by atoms with Crippen molar-refractivity contribution in [3.05, 3.63) is 24.0 Å². The van der Waals surface area contributed by atoms with E-state index in [1.54, 1.807) is 0 Å². The average Bonchev–Trinajstić information content (AvgIpc) is 2.70. The number of nitrogen functional groups attached to an aromatic ring is 1. The maximum absolute atomic E-state index is 12.1. The molecule has 0 aliphatic heterocycles. The highest BCUT2D eigenvalue weighted by Gasteiger charge is 2.24. The highest BCUT2D eigenvalue weighted by atomic mass is 16.5. The van der Waals surface area contributed by atoms with Crippen LogP contribution in [0.5, 0.6) is 0 Å². The zero-order valence-corrected chi connectivity index (χ0v) is 11.5. The molecule has 1 atom stereocenters. The van der Waals surface area contributed by atoms with Gasteiger partial charge >= 0.3 is 5.97 Å². The first-order valence-electron chi connectivity index (χ1n) is 6.49. The van der Waals surface area contributed by atoms with Crippen LogP contribution in [0.1, 0.15) is 32.1 Å². The minimum atomic E-state index is -0.355. The summed E-state index contributed by atoms with van der Waals surface area (Å²) >= 11 is 0. The Kier molecular flexibility index (Phi) is 3.74. The molecule has 0 aliphatic carbocycles. The number of anilines is 1. The van der Waals surface area contributed by atoms with E-state index in [9.17, 15) is 4.79 Å². The molecule has 0 bridgehead atoms. The molecular formula is C14H19N3O2. The van der Waals surface area contributed by atoms with E-state index in [2.05, 4.69) is 4.98 Å². The third-order valence-electron chi connectivity index (χ3n) is 3.18. The number of carbonyl (C=O) groups excluding carboxylic acids is 1. The summed E-state index contributed by atoms with van der Waals surface area (Å²) in [6.45, 7) is 6.02. The summed E-state index contributed by atoms with van der Waals surface area (Å²) in [6.07, 6.45) is 0.653. The summed E-state index contributed by atoms with van der Waals surface area (Å²) < 4.78 is 7.04. The molecule has 0 saturated carbocycles. The molecule has 1 aromatic carbocycles. The Morgan fingerprint density at radius 2 is 2.21 bits per heavy atom. The van der Waals surface area contributed by atoms with E-state index < -0.39 is 0 Å². The van der Waals surface area contributed by atoms with Crippen molar-refractivity contribution in [3.63, 3.8) is 0 Å². The second-order valence-electron chi connectivity index (χ2n) is 4.42. The lowest BCUT2D eigenvalue weighted by Gasteiger charge is -2.17. The molecule has 5 heteroatoms. The lowest BCUT2D eigenvalue weighted by Crippen LogP contribution is -2.22. The number of rotatable bonds is 4. The van der Waals surface area contributed by atoms with Crippen molar-refractivity contribution in [2.24, 2.45) is 0 Å². The fraction of sp³-hybridized carbons (Fsp3) is 0.429. The number of carbonyl (C=O) groups is 1. The second-order valence-corrected chi connectivity index (χ2v) is 4.42. The number of hydrogen-bond acceptors (Lipinski definition) is 4. The Balaban J connectivity index is 2.57. The molecule has 2 rings (SSSR count). The van der Waals surface area contributed by atoms with E-state index >= 15 is 0 Å². The fourth-order valence-corrected chi connectivity index (χ4v) is 2.34. The molecule has 0 radical (unpaired) electrons. The second kappa shape index (κ2) is 5.30. The van der Waals surface area contributed by atoms with Crippen LogP contribution in [0.3, 0.4) is 0 Å².